The summed E-state index contributed by atoms with van der Waals surface area (Å²) < 4.78 is 5.48. The molecule has 108 valence electrons. The Morgan fingerprint density at radius 1 is 1.30 bits per heavy atom. The first-order valence-corrected chi connectivity index (χ1v) is 8.49. The van der Waals surface area contributed by atoms with E-state index in [2.05, 4.69) is 21.2 Å². The molecule has 0 radical (unpaired) electrons. The number of halogens is 1. The molecule has 3 nitrogen and oxygen atoms in total. The van der Waals surface area contributed by atoms with Gasteiger partial charge in [0.2, 0.25) is 0 Å². The van der Waals surface area contributed by atoms with Crippen LogP contribution in [0.2, 0.25) is 0 Å². The van der Waals surface area contributed by atoms with Crippen molar-refractivity contribution in [3.05, 3.63) is 29.3 Å². The third-order valence-corrected chi connectivity index (χ3v) is 5.47. The highest BCUT2D eigenvalue weighted by Crippen LogP contribution is 2.31. The highest BCUT2D eigenvalue weighted by Gasteiger charge is 2.32. The molecule has 1 aromatic rings. The van der Waals surface area contributed by atoms with Crippen molar-refractivity contribution in [3.63, 3.8) is 0 Å². The summed E-state index contributed by atoms with van der Waals surface area (Å²) in [5.41, 5.74) is 1.83. The summed E-state index contributed by atoms with van der Waals surface area (Å²) in [4.78, 5) is 12.5. The van der Waals surface area contributed by atoms with Crippen molar-refractivity contribution in [1.82, 2.24) is 5.32 Å². The van der Waals surface area contributed by atoms with Crippen molar-refractivity contribution < 1.29 is 9.53 Å². The highest BCUT2D eigenvalue weighted by atomic mass is 79.9. The summed E-state index contributed by atoms with van der Waals surface area (Å²) in [5.74, 6) is 0.968. The maximum absolute atomic E-state index is 12.5. The first kappa shape index (κ1) is 13.9. The molecule has 1 saturated carbocycles. The van der Waals surface area contributed by atoms with Gasteiger partial charge in [-0.3, -0.25) is 4.79 Å². The number of benzene rings is 1. The smallest absolute Gasteiger partial charge is 0.251 e. The fourth-order valence-corrected chi connectivity index (χ4v) is 3.86. The number of ether oxygens (including phenoxy) is 1. The van der Waals surface area contributed by atoms with Gasteiger partial charge in [0, 0.05) is 17.3 Å². The van der Waals surface area contributed by atoms with Crippen LogP contribution in [-0.4, -0.2) is 23.4 Å². The Labute approximate surface area is 128 Å². The van der Waals surface area contributed by atoms with Gasteiger partial charge in [0.25, 0.3) is 5.91 Å². The van der Waals surface area contributed by atoms with Crippen molar-refractivity contribution in [3.8, 4) is 5.75 Å². The number of amides is 1. The minimum Gasteiger partial charge on any atom is -0.493 e. The lowest BCUT2D eigenvalue weighted by Crippen LogP contribution is -2.51. The molecule has 1 fully saturated rings. The summed E-state index contributed by atoms with van der Waals surface area (Å²) in [5, 5.41) is 4.10. The van der Waals surface area contributed by atoms with Crippen LogP contribution in [0.4, 0.5) is 0 Å². The van der Waals surface area contributed by atoms with E-state index in [1.54, 1.807) is 0 Å². The Bertz CT molecular complexity index is 509. The molecule has 20 heavy (non-hydrogen) atoms. The molecule has 3 rings (SSSR count). The molecule has 0 bridgehead atoms. The van der Waals surface area contributed by atoms with E-state index in [0.29, 0.717) is 0 Å². The molecule has 0 spiro atoms. The lowest BCUT2D eigenvalue weighted by atomic mass is 9.83. The van der Waals surface area contributed by atoms with Crippen LogP contribution in [0.15, 0.2) is 18.2 Å². The number of carbonyl (C=O) groups is 1. The normalized spacial score (nSPS) is 20.1. The molecule has 1 heterocycles. The van der Waals surface area contributed by atoms with Crippen LogP contribution < -0.4 is 10.1 Å². The summed E-state index contributed by atoms with van der Waals surface area (Å²) in [6, 6.07) is 5.76. The summed E-state index contributed by atoms with van der Waals surface area (Å²) in [6.07, 6.45) is 6.71. The minimum absolute atomic E-state index is 0.0426. The van der Waals surface area contributed by atoms with Crippen molar-refractivity contribution >= 4 is 21.8 Å². The number of carbonyl (C=O) groups excluding carboxylic acids is 1. The fourth-order valence-electron chi connectivity index (χ4n) is 3.16. The number of fused-ring (bicyclic) bond motifs is 1. The SMILES string of the molecule is O=C(NC1(CBr)CCCCC1)c1ccc2c(c1)CCO2. The molecule has 0 saturated heterocycles. The summed E-state index contributed by atoms with van der Waals surface area (Å²) in [7, 11) is 0. The first-order valence-electron chi connectivity index (χ1n) is 7.37. The molecular formula is C16H20BrNO2. The van der Waals surface area contributed by atoms with E-state index in [1.165, 1.54) is 19.3 Å². The van der Waals surface area contributed by atoms with E-state index in [1.807, 2.05) is 18.2 Å². The highest BCUT2D eigenvalue weighted by molar-refractivity contribution is 9.09. The standard InChI is InChI=1S/C16H20BrNO2/c17-11-16(7-2-1-3-8-16)18-15(19)13-4-5-14-12(10-13)6-9-20-14/h4-5,10H,1-3,6-9,11H2,(H,18,19). The van der Waals surface area contributed by atoms with Gasteiger partial charge in [0.05, 0.1) is 12.1 Å². The molecule has 4 heteroatoms. The monoisotopic (exact) mass is 337 g/mol. The van der Waals surface area contributed by atoms with E-state index in [9.17, 15) is 4.79 Å². The number of alkyl halides is 1. The zero-order valence-corrected chi connectivity index (χ0v) is 13.2. The van der Waals surface area contributed by atoms with Gasteiger partial charge in [-0.2, -0.15) is 0 Å². The number of hydrogen-bond acceptors (Lipinski definition) is 2. The van der Waals surface area contributed by atoms with Crippen LogP contribution in [-0.2, 0) is 6.42 Å². The largest absolute Gasteiger partial charge is 0.493 e. The predicted molar refractivity (Wildman–Crippen MR) is 82.7 cm³/mol. The molecule has 1 N–H and O–H groups in total. The van der Waals surface area contributed by atoms with Crippen molar-refractivity contribution in [2.24, 2.45) is 0 Å². The molecule has 0 aromatic heterocycles. The number of nitrogens with one attached hydrogen (secondary N) is 1. The lowest BCUT2D eigenvalue weighted by Gasteiger charge is -2.36. The van der Waals surface area contributed by atoms with Crippen LogP contribution in [0.5, 0.6) is 5.75 Å². The number of hydrogen-bond donors (Lipinski definition) is 1. The quantitative estimate of drug-likeness (QED) is 0.858. The second-order valence-corrected chi connectivity index (χ2v) is 6.41. The molecule has 1 aromatic carbocycles. The van der Waals surface area contributed by atoms with E-state index in [0.717, 1.165) is 48.1 Å². The van der Waals surface area contributed by atoms with Gasteiger partial charge in [-0.25, -0.2) is 0 Å². The molecule has 1 aliphatic heterocycles. The van der Waals surface area contributed by atoms with Gasteiger partial charge in [-0.05, 0) is 36.6 Å². The van der Waals surface area contributed by atoms with E-state index in [-0.39, 0.29) is 11.4 Å². The van der Waals surface area contributed by atoms with Gasteiger partial charge < -0.3 is 10.1 Å². The maximum atomic E-state index is 12.5. The fraction of sp³-hybridized carbons (Fsp3) is 0.562. The molecular weight excluding hydrogens is 318 g/mol. The number of rotatable bonds is 3. The Kier molecular flexibility index (Phi) is 4.01. The third-order valence-electron chi connectivity index (χ3n) is 4.40. The van der Waals surface area contributed by atoms with Crippen molar-refractivity contribution in [2.45, 2.75) is 44.1 Å². The van der Waals surface area contributed by atoms with Gasteiger partial charge in [0.15, 0.2) is 0 Å². The Morgan fingerprint density at radius 2 is 2.10 bits per heavy atom. The van der Waals surface area contributed by atoms with Gasteiger partial charge >= 0.3 is 0 Å². The van der Waals surface area contributed by atoms with Gasteiger partial charge in [0.1, 0.15) is 5.75 Å². The Morgan fingerprint density at radius 3 is 2.85 bits per heavy atom. The molecule has 1 amide bonds. The predicted octanol–water partition coefficient (Wildman–Crippen LogP) is 3.45. The summed E-state index contributed by atoms with van der Waals surface area (Å²) >= 11 is 3.58. The third kappa shape index (κ3) is 2.71. The topological polar surface area (TPSA) is 38.3 Å². The molecule has 0 atom stereocenters. The molecule has 1 aliphatic carbocycles. The van der Waals surface area contributed by atoms with Crippen molar-refractivity contribution in [2.75, 3.05) is 11.9 Å². The van der Waals surface area contributed by atoms with Gasteiger partial charge in [-0.15, -0.1) is 0 Å². The average Bonchev–Trinajstić information content (AvgIpc) is 2.95. The van der Waals surface area contributed by atoms with E-state index in [4.69, 9.17) is 4.74 Å². The van der Waals surface area contributed by atoms with Crippen LogP contribution in [0.25, 0.3) is 0 Å². The van der Waals surface area contributed by atoms with Crippen LogP contribution in [0, 0.1) is 0 Å². The maximum Gasteiger partial charge on any atom is 0.251 e. The average molecular weight is 338 g/mol. The molecule has 0 unspecified atom stereocenters. The van der Waals surface area contributed by atoms with Crippen LogP contribution in [0.3, 0.4) is 0 Å². The van der Waals surface area contributed by atoms with Gasteiger partial charge in [-0.1, -0.05) is 35.2 Å². The van der Waals surface area contributed by atoms with E-state index >= 15 is 0 Å². The Hall–Kier alpha value is -1.03. The Balaban J connectivity index is 1.75. The zero-order chi connectivity index (χ0) is 14.0. The second-order valence-electron chi connectivity index (χ2n) is 5.85. The molecule has 2 aliphatic rings. The first-order chi connectivity index (χ1) is 9.72. The van der Waals surface area contributed by atoms with Crippen LogP contribution in [0.1, 0.15) is 48.0 Å². The van der Waals surface area contributed by atoms with Crippen LogP contribution >= 0.6 is 15.9 Å². The second kappa shape index (κ2) is 5.76. The minimum atomic E-state index is -0.0646. The summed E-state index contributed by atoms with van der Waals surface area (Å²) in [6.45, 7) is 0.728. The van der Waals surface area contributed by atoms with E-state index < -0.39 is 0 Å². The van der Waals surface area contributed by atoms with Crippen molar-refractivity contribution in [1.29, 1.82) is 0 Å². The zero-order valence-electron chi connectivity index (χ0n) is 11.6. The lowest BCUT2D eigenvalue weighted by molar-refractivity contribution is 0.0886.